The Morgan fingerprint density at radius 2 is 1.96 bits per heavy atom. The molecule has 1 saturated heterocycles. The maximum absolute atomic E-state index is 13.0. The fourth-order valence-corrected chi connectivity index (χ4v) is 4.92. The minimum absolute atomic E-state index is 0.134. The van der Waals surface area contributed by atoms with E-state index in [0.717, 1.165) is 18.9 Å². The summed E-state index contributed by atoms with van der Waals surface area (Å²) in [6, 6.07) is 6.21. The van der Waals surface area contributed by atoms with Crippen molar-refractivity contribution < 1.29 is 22.7 Å². The molecule has 1 saturated carbocycles. The third-order valence-corrected chi connectivity index (χ3v) is 6.75. The van der Waals surface area contributed by atoms with Gasteiger partial charge in [0.15, 0.2) is 0 Å². The molecule has 7 nitrogen and oxygen atoms in total. The Balaban J connectivity index is 1.55. The molecule has 1 aliphatic heterocycles. The van der Waals surface area contributed by atoms with Crippen LogP contribution in [0.1, 0.15) is 43.5 Å². The van der Waals surface area contributed by atoms with Crippen molar-refractivity contribution in [3.8, 4) is 0 Å². The predicted octanol–water partition coefficient (Wildman–Crippen LogP) is 2.03. The van der Waals surface area contributed by atoms with Gasteiger partial charge in [-0.1, -0.05) is 6.07 Å². The maximum Gasteiger partial charge on any atom is 0.251 e. The van der Waals surface area contributed by atoms with Crippen molar-refractivity contribution in [3.05, 3.63) is 29.8 Å². The molecule has 0 spiro atoms. The Bertz CT molecular complexity index is 769. The Kier molecular flexibility index (Phi) is 7.09. The number of carbonyl (C=O) groups excluding carboxylic acids is 1. The third kappa shape index (κ3) is 5.76. The molecule has 156 valence electrons. The van der Waals surface area contributed by atoms with E-state index in [4.69, 9.17) is 9.47 Å². The topological polar surface area (TPSA) is 84.9 Å². The summed E-state index contributed by atoms with van der Waals surface area (Å²) in [5.74, 6) is 0.458. The van der Waals surface area contributed by atoms with Crippen LogP contribution in [0.3, 0.4) is 0 Å². The number of hydrogen-bond donors (Lipinski definition) is 1. The van der Waals surface area contributed by atoms with Gasteiger partial charge in [-0.05, 0) is 57.2 Å². The van der Waals surface area contributed by atoms with E-state index < -0.39 is 10.0 Å². The van der Waals surface area contributed by atoms with Crippen molar-refractivity contribution in [2.75, 3.05) is 32.8 Å². The average molecular weight is 411 g/mol. The minimum atomic E-state index is -3.67. The Morgan fingerprint density at radius 3 is 2.64 bits per heavy atom. The average Bonchev–Trinajstić information content (AvgIpc) is 3.48. The first-order valence-corrected chi connectivity index (χ1v) is 11.4. The zero-order valence-corrected chi connectivity index (χ0v) is 17.4. The van der Waals surface area contributed by atoms with Crippen LogP contribution in [0.25, 0.3) is 0 Å². The first-order valence-electron chi connectivity index (χ1n) is 9.98. The van der Waals surface area contributed by atoms with Crippen molar-refractivity contribution in [1.29, 1.82) is 0 Å². The molecule has 0 radical (unpaired) electrons. The lowest BCUT2D eigenvalue weighted by molar-refractivity contribution is -0.0440. The molecule has 2 fully saturated rings. The normalized spacial score (nSPS) is 23.5. The summed E-state index contributed by atoms with van der Waals surface area (Å²) in [6.07, 6.45) is 2.94. The molecule has 8 heteroatoms. The zero-order valence-electron chi connectivity index (χ0n) is 16.6. The first-order chi connectivity index (χ1) is 13.4. The summed E-state index contributed by atoms with van der Waals surface area (Å²) in [4.78, 5) is 12.5. The van der Waals surface area contributed by atoms with Crippen LogP contribution in [-0.2, 0) is 19.5 Å². The van der Waals surface area contributed by atoms with Gasteiger partial charge in [-0.25, -0.2) is 8.42 Å². The number of benzene rings is 1. The molecule has 2 aliphatic rings. The number of ether oxygens (including phenoxy) is 2. The first kappa shape index (κ1) is 21.2. The third-order valence-electron chi connectivity index (χ3n) is 4.92. The Morgan fingerprint density at radius 1 is 1.25 bits per heavy atom. The number of hydrogen-bond acceptors (Lipinski definition) is 5. The summed E-state index contributed by atoms with van der Waals surface area (Å²) in [5.41, 5.74) is 0.342. The van der Waals surface area contributed by atoms with Gasteiger partial charge in [0.2, 0.25) is 10.0 Å². The molecule has 1 aromatic carbocycles. The van der Waals surface area contributed by atoms with Gasteiger partial charge in [-0.15, -0.1) is 0 Å². The number of morpholine rings is 1. The molecule has 3 rings (SSSR count). The second kappa shape index (κ2) is 9.35. The second-order valence-electron chi connectivity index (χ2n) is 7.73. The smallest absolute Gasteiger partial charge is 0.251 e. The van der Waals surface area contributed by atoms with E-state index in [2.05, 4.69) is 5.32 Å². The highest BCUT2D eigenvalue weighted by Crippen LogP contribution is 2.28. The summed E-state index contributed by atoms with van der Waals surface area (Å²) < 4.78 is 38.5. The lowest BCUT2D eigenvalue weighted by Gasteiger charge is -2.34. The van der Waals surface area contributed by atoms with Crippen LogP contribution in [0.2, 0.25) is 0 Å². The molecule has 1 aromatic rings. The largest absolute Gasteiger partial charge is 0.381 e. The highest BCUT2D eigenvalue weighted by molar-refractivity contribution is 7.89. The lowest BCUT2D eigenvalue weighted by Crippen LogP contribution is -2.48. The molecule has 1 amide bonds. The highest BCUT2D eigenvalue weighted by atomic mass is 32.2. The van der Waals surface area contributed by atoms with Crippen LogP contribution in [0.5, 0.6) is 0 Å². The van der Waals surface area contributed by atoms with Gasteiger partial charge in [0.1, 0.15) is 0 Å². The quantitative estimate of drug-likeness (QED) is 0.630. The highest BCUT2D eigenvalue weighted by Gasteiger charge is 2.32. The molecule has 0 aromatic heterocycles. The van der Waals surface area contributed by atoms with Gasteiger partial charge in [0.25, 0.3) is 5.91 Å². The van der Waals surface area contributed by atoms with Gasteiger partial charge >= 0.3 is 0 Å². The van der Waals surface area contributed by atoms with Crippen LogP contribution in [0.15, 0.2) is 29.2 Å². The predicted molar refractivity (Wildman–Crippen MR) is 106 cm³/mol. The molecular formula is C20H30N2O5S. The fraction of sp³-hybridized carbons (Fsp3) is 0.650. The SMILES string of the molecule is CC1CN(S(=O)(=O)c2cccc(C(=O)NCCCOCC3CC3)c2)CC(C)O1. The van der Waals surface area contributed by atoms with Crippen molar-refractivity contribution >= 4 is 15.9 Å². The number of nitrogens with zero attached hydrogens (tertiary/aromatic N) is 1. The standard InChI is InChI=1S/C20H30N2O5S/c1-15-12-22(13-16(2)27-15)28(24,25)19-6-3-5-18(11-19)20(23)21-9-4-10-26-14-17-7-8-17/h3,5-6,11,15-17H,4,7-10,12-14H2,1-2H3,(H,21,23). The molecule has 28 heavy (non-hydrogen) atoms. The van der Waals surface area contributed by atoms with Crippen LogP contribution in [-0.4, -0.2) is 63.7 Å². The number of carbonyl (C=O) groups is 1. The summed E-state index contributed by atoms with van der Waals surface area (Å²) in [6.45, 7) is 6.27. The van der Waals surface area contributed by atoms with Crippen LogP contribution < -0.4 is 5.32 Å². The number of sulfonamides is 1. The van der Waals surface area contributed by atoms with E-state index in [1.165, 1.54) is 29.3 Å². The van der Waals surface area contributed by atoms with E-state index in [-0.39, 0.29) is 23.0 Å². The molecule has 1 N–H and O–H groups in total. The van der Waals surface area contributed by atoms with Crippen molar-refractivity contribution in [1.82, 2.24) is 9.62 Å². The maximum atomic E-state index is 13.0. The molecular weight excluding hydrogens is 380 g/mol. The van der Waals surface area contributed by atoms with Gasteiger partial charge < -0.3 is 14.8 Å². The number of rotatable bonds is 9. The Hall–Kier alpha value is -1.48. The van der Waals surface area contributed by atoms with E-state index in [1.54, 1.807) is 12.1 Å². The van der Waals surface area contributed by atoms with Gasteiger partial charge in [0, 0.05) is 38.4 Å². The second-order valence-corrected chi connectivity index (χ2v) is 9.67. The zero-order chi connectivity index (χ0) is 20.1. The van der Waals surface area contributed by atoms with Crippen molar-refractivity contribution in [2.45, 2.75) is 50.2 Å². The van der Waals surface area contributed by atoms with E-state index >= 15 is 0 Å². The minimum Gasteiger partial charge on any atom is -0.381 e. The van der Waals surface area contributed by atoms with Gasteiger partial charge in [-0.3, -0.25) is 4.79 Å². The molecule has 0 bridgehead atoms. The molecule has 1 heterocycles. The summed E-state index contributed by atoms with van der Waals surface area (Å²) in [5, 5.41) is 2.83. The van der Waals surface area contributed by atoms with Crippen LogP contribution in [0.4, 0.5) is 0 Å². The van der Waals surface area contributed by atoms with Crippen molar-refractivity contribution in [2.24, 2.45) is 5.92 Å². The lowest BCUT2D eigenvalue weighted by atomic mass is 10.2. The number of nitrogens with one attached hydrogen (secondary N) is 1. The summed E-state index contributed by atoms with van der Waals surface area (Å²) >= 11 is 0. The Labute approximate surface area is 167 Å². The number of amides is 1. The van der Waals surface area contributed by atoms with Gasteiger partial charge in [0.05, 0.1) is 17.1 Å². The summed E-state index contributed by atoms with van der Waals surface area (Å²) in [7, 11) is -3.67. The van der Waals surface area contributed by atoms with E-state index in [9.17, 15) is 13.2 Å². The molecule has 1 aliphatic carbocycles. The van der Waals surface area contributed by atoms with Crippen molar-refractivity contribution in [3.63, 3.8) is 0 Å². The fourth-order valence-electron chi connectivity index (χ4n) is 3.29. The van der Waals surface area contributed by atoms with E-state index in [1.807, 2.05) is 13.8 Å². The van der Waals surface area contributed by atoms with Gasteiger partial charge in [-0.2, -0.15) is 4.31 Å². The molecule has 2 unspecified atom stereocenters. The van der Waals surface area contributed by atoms with E-state index in [0.29, 0.717) is 31.8 Å². The molecule has 2 atom stereocenters. The van der Waals surface area contributed by atoms with Crippen LogP contribution >= 0.6 is 0 Å². The van der Waals surface area contributed by atoms with Crippen LogP contribution in [0, 0.1) is 5.92 Å². The monoisotopic (exact) mass is 410 g/mol.